The molecule has 0 aliphatic carbocycles. The number of aliphatic hydroxyl groups excluding tert-OH is 1. The number of sulfonamides is 1. The van der Waals surface area contributed by atoms with Crippen LogP contribution in [0.4, 0.5) is 0 Å². The van der Waals surface area contributed by atoms with E-state index in [1.807, 2.05) is 0 Å². The van der Waals surface area contributed by atoms with Crippen LogP contribution in [0.3, 0.4) is 0 Å². The fourth-order valence-electron chi connectivity index (χ4n) is 1.98. The quantitative estimate of drug-likeness (QED) is 0.883. The third-order valence-corrected chi connectivity index (χ3v) is 4.87. The molecule has 21 heavy (non-hydrogen) atoms. The zero-order valence-electron chi connectivity index (χ0n) is 11.7. The molecule has 1 aromatic heterocycles. The van der Waals surface area contributed by atoms with Gasteiger partial charge in [-0.3, -0.25) is 0 Å². The molecule has 7 heteroatoms. The molecule has 0 atom stereocenters. The molecule has 0 aliphatic rings. The lowest BCUT2D eigenvalue weighted by Crippen LogP contribution is -2.24. The average molecular weight is 330 g/mol. The summed E-state index contributed by atoms with van der Waals surface area (Å²) in [6.45, 7) is 3.20. The van der Waals surface area contributed by atoms with Crippen LogP contribution >= 0.6 is 11.6 Å². The Labute approximate surface area is 128 Å². The monoisotopic (exact) mass is 329 g/mol. The van der Waals surface area contributed by atoms with E-state index in [0.29, 0.717) is 22.6 Å². The number of nitrogens with one attached hydrogen (secondary N) is 1. The molecule has 1 aromatic carbocycles. The zero-order valence-corrected chi connectivity index (χ0v) is 13.3. The summed E-state index contributed by atoms with van der Waals surface area (Å²) in [5, 5.41) is 9.52. The fraction of sp³-hybridized carbons (Fsp3) is 0.286. The van der Waals surface area contributed by atoms with E-state index >= 15 is 0 Å². The van der Waals surface area contributed by atoms with Gasteiger partial charge in [-0.05, 0) is 49.2 Å². The molecule has 0 fully saturated rings. The van der Waals surface area contributed by atoms with E-state index in [-0.39, 0.29) is 23.1 Å². The molecule has 0 radical (unpaired) electrons. The smallest absolute Gasteiger partial charge is 0.241 e. The topological polar surface area (TPSA) is 79.5 Å². The van der Waals surface area contributed by atoms with E-state index in [4.69, 9.17) is 16.0 Å². The second kappa shape index (κ2) is 6.19. The standard InChI is InChI=1S/C14H16ClNO4S/c1-9-3-4-13(20-9)7-16-21(18,19)14-6-12(15)5-11(8-17)10(14)2/h3-6,16-17H,7-8H2,1-2H3. The molecule has 0 unspecified atom stereocenters. The van der Waals surface area contributed by atoms with Crippen LogP contribution in [-0.4, -0.2) is 13.5 Å². The normalized spacial score (nSPS) is 11.8. The summed E-state index contributed by atoms with van der Waals surface area (Å²) in [6, 6.07) is 6.39. The van der Waals surface area contributed by atoms with Crippen molar-refractivity contribution in [1.29, 1.82) is 0 Å². The fourth-order valence-corrected chi connectivity index (χ4v) is 3.59. The minimum atomic E-state index is -3.74. The number of halogens is 1. The third-order valence-electron chi connectivity index (χ3n) is 3.12. The summed E-state index contributed by atoms with van der Waals surface area (Å²) >= 11 is 5.91. The summed E-state index contributed by atoms with van der Waals surface area (Å²) in [5.41, 5.74) is 0.960. The first kappa shape index (κ1) is 16.0. The van der Waals surface area contributed by atoms with Crippen molar-refractivity contribution in [2.45, 2.75) is 31.9 Å². The Morgan fingerprint density at radius 1 is 1.29 bits per heavy atom. The van der Waals surface area contributed by atoms with E-state index in [2.05, 4.69) is 4.72 Å². The highest BCUT2D eigenvalue weighted by atomic mass is 35.5. The zero-order chi connectivity index (χ0) is 15.6. The maximum absolute atomic E-state index is 12.4. The van der Waals surface area contributed by atoms with Crippen LogP contribution in [0.5, 0.6) is 0 Å². The van der Waals surface area contributed by atoms with E-state index < -0.39 is 10.0 Å². The Morgan fingerprint density at radius 2 is 2.00 bits per heavy atom. The number of aliphatic hydroxyl groups is 1. The Bertz CT molecular complexity index is 752. The van der Waals surface area contributed by atoms with Crippen molar-refractivity contribution in [2.75, 3.05) is 0 Å². The average Bonchev–Trinajstić information content (AvgIpc) is 2.84. The van der Waals surface area contributed by atoms with Gasteiger partial charge in [0.2, 0.25) is 10.0 Å². The highest BCUT2D eigenvalue weighted by molar-refractivity contribution is 7.89. The van der Waals surface area contributed by atoms with Gasteiger partial charge in [-0.15, -0.1) is 0 Å². The van der Waals surface area contributed by atoms with Crippen molar-refractivity contribution in [2.24, 2.45) is 0 Å². The summed E-state index contributed by atoms with van der Waals surface area (Å²) in [4.78, 5) is 0.0577. The van der Waals surface area contributed by atoms with Crippen LogP contribution in [0, 0.1) is 13.8 Å². The van der Waals surface area contributed by atoms with E-state index in [1.54, 1.807) is 32.0 Å². The number of furan rings is 1. The van der Waals surface area contributed by atoms with Crippen LogP contribution < -0.4 is 4.72 Å². The van der Waals surface area contributed by atoms with Gasteiger partial charge in [-0.2, -0.15) is 0 Å². The first-order valence-corrected chi connectivity index (χ1v) is 8.14. The molecule has 0 saturated heterocycles. The Balaban J connectivity index is 2.29. The maximum atomic E-state index is 12.4. The van der Waals surface area contributed by atoms with Gasteiger partial charge in [-0.25, -0.2) is 13.1 Å². The van der Waals surface area contributed by atoms with Crippen LogP contribution in [0.25, 0.3) is 0 Å². The lowest BCUT2D eigenvalue weighted by molar-refractivity contribution is 0.280. The molecule has 2 aromatic rings. The predicted molar refractivity (Wildman–Crippen MR) is 79.6 cm³/mol. The molecule has 0 amide bonds. The molecular formula is C14H16ClNO4S. The second-order valence-corrected chi connectivity index (χ2v) is 6.85. The van der Waals surface area contributed by atoms with Crippen molar-refractivity contribution < 1.29 is 17.9 Å². The molecule has 114 valence electrons. The van der Waals surface area contributed by atoms with Crippen molar-refractivity contribution in [3.63, 3.8) is 0 Å². The first-order chi connectivity index (χ1) is 9.83. The number of benzene rings is 1. The Kier molecular flexibility index (Phi) is 4.73. The molecule has 2 rings (SSSR count). The lowest BCUT2D eigenvalue weighted by Gasteiger charge is -2.12. The van der Waals surface area contributed by atoms with Gasteiger partial charge in [0.05, 0.1) is 18.0 Å². The predicted octanol–water partition coefficient (Wildman–Crippen LogP) is 2.52. The molecule has 1 heterocycles. The minimum absolute atomic E-state index is 0.0522. The highest BCUT2D eigenvalue weighted by Gasteiger charge is 2.20. The summed E-state index contributed by atoms with van der Waals surface area (Å²) in [6.07, 6.45) is 0. The Hall–Kier alpha value is -1.34. The SMILES string of the molecule is Cc1ccc(CNS(=O)(=O)c2cc(Cl)cc(CO)c2C)o1. The molecule has 0 aliphatic heterocycles. The number of aryl methyl sites for hydroxylation is 1. The number of hydrogen-bond donors (Lipinski definition) is 2. The Morgan fingerprint density at radius 3 is 2.57 bits per heavy atom. The van der Waals surface area contributed by atoms with Crippen molar-refractivity contribution in [3.8, 4) is 0 Å². The van der Waals surface area contributed by atoms with E-state index in [1.165, 1.54) is 6.07 Å². The second-order valence-electron chi connectivity index (χ2n) is 4.68. The van der Waals surface area contributed by atoms with Crippen LogP contribution in [0.1, 0.15) is 22.6 Å². The summed E-state index contributed by atoms with van der Waals surface area (Å²) < 4.78 is 32.5. The number of hydrogen-bond acceptors (Lipinski definition) is 4. The molecular weight excluding hydrogens is 314 g/mol. The minimum Gasteiger partial charge on any atom is -0.465 e. The van der Waals surface area contributed by atoms with Gasteiger partial charge in [-0.1, -0.05) is 11.6 Å². The van der Waals surface area contributed by atoms with E-state index in [0.717, 1.165) is 0 Å². The van der Waals surface area contributed by atoms with Crippen molar-refractivity contribution in [3.05, 3.63) is 51.9 Å². The van der Waals surface area contributed by atoms with Crippen LogP contribution in [0.2, 0.25) is 5.02 Å². The van der Waals surface area contributed by atoms with Crippen molar-refractivity contribution >= 4 is 21.6 Å². The largest absolute Gasteiger partial charge is 0.465 e. The summed E-state index contributed by atoms with van der Waals surface area (Å²) in [5.74, 6) is 1.24. The van der Waals surface area contributed by atoms with Crippen molar-refractivity contribution in [1.82, 2.24) is 4.72 Å². The van der Waals surface area contributed by atoms with Gasteiger partial charge < -0.3 is 9.52 Å². The third kappa shape index (κ3) is 3.65. The molecule has 2 N–H and O–H groups in total. The first-order valence-electron chi connectivity index (χ1n) is 6.28. The van der Waals surface area contributed by atoms with Gasteiger partial charge in [0.25, 0.3) is 0 Å². The molecule has 5 nitrogen and oxygen atoms in total. The number of rotatable bonds is 5. The van der Waals surface area contributed by atoms with Crippen LogP contribution in [0.15, 0.2) is 33.6 Å². The maximum Gasteiger partial charge on any atom is 0.241 e. The van der Waals surface area contributed by atoms with Crippen LogP contribution in [-0.2, 0) is 23.2 Å². The molecule has 0 saturated carbocycles. The highest BCUT2D eigenvalue weighted by Crippen LogP contribution is 2.24. The van der Waals surface area contributed by atoms with Gasteiger partial charge in [0.15, 0.2) is 0 Å². The van der Waals surface area contributed by atoms with Gasteiger partial charge in [0, 0.05) is 5.02 Å². The summed E-state index contributed by atoms with van der Waals surface area (Å²) in [7, 11) is -3.74. The van der Waals surface area contributed by atoms with Gasteiger partial charge >= 0.3 is 0 Å². The molecule has 0 bridgehead atoms. The van der Waals surface area contributed by atoms with E-state index in [9.17, 15) is 13.5 Å². The lowest BCUT2D eigenvalue weighted by atomic mass is 10.1. The molecule has 0 spiro atoms. The van der Waals surface area contributed by atoms with Gasteiger partial charge in [0.1, 0.15) is 11.5 Å².